The molecule has 0 amide bonds. The second-order valence-corrected chi connectivity index (χ2v) is 6.09. The van der Waals surface area contributed by atoms with Crippen LogP contribution in [0.2, 0.25) is 0 Å². The standard InChI is InChI=1S/C22H16FN3O/c1-15-20(11-6-14-24-15)26-21(13-12-16-7-2-4-9-18(16)23)25-19-10-5-3-8-17(19)22(26)27/h2-14H,1H3/b13-12+. The summed E-state index contributed by atoms with van der Waals surface area (Å²) in [5.41, 5.74) is 2.18. The van der Waals surface area contributed by atoms with Gasteiger partial charge in [-0.3, -0.25) is 14.3 Å². The molecule has 0 fully saturated rings. The Morgan fingerprint density at radius 3 is 2.56 bits per heavy atom. The molecule has 4 nitrogen and oxygen atoms in total. The smallest absolute Gasteiger partial charge is 0.266 e. The fourth-order valence-electron chi connectivity index (χ4n) is 2.98. The number of para-hydroxylation sites is 1. The molecule has 2 heterocycles. The van der Waals surface area contributed by atoms with Crippen LogP contribution in [0.3, 0.4) is 0 Å². The van der Waals surface area contributed by atoms with E-state index in [1.165, 1.54) is 10.6 Å². The van der Waals surface area contributed by atoms with Gasteiger partial charge in [-0.05, 0) is 49.4 Å². The molecule has 0 saturated carbocycles. The highest BCUT2D eigenvalue weighted by Gasteiger charge is 2.13. The van der Waals surface area contributed by atoms with Crippen LogP contribution in [-0.2, 0) is 0 Å². The van der Waals surface area contributed by atoms with E-state index in [0.717, 1.165) is 0 Å². The van der Waals surface area contributed by atoms with Crippen LogP contribution in [0.1, 0.15) is 17.1 Å². The fourth-order valence-corrected chi connectivity index (χ4v) is 2.98. The monoisotopic (exact) mass is 357 g/mol. The average molecular weight is 357 g/mol. The Bertz CT molecular complexity index is 1230. The van der Waals surface area contributed by atoms with E-state index in [2.05, 4.69) is 9.97 Å². The van der Waals surface area contributed by atoms with Crippen LogP contribution < -0.4 is 5.56 Å². The van der Waals surface area contributed by atoms with E-state index in [1.54, 1.807) is 60.8 Å². The largest absolute Gasteiger partial charge is 0.268 e. The molecule has 2 aromatic carbocycles. The number of nitrogens with zero attached hydrogens (tertiary/aromatic N) is 3. The van der Waals surface area contributed by atoms with Gasteiger partial charge >= 0.3 is 0 Å². The summed E-state index contributed by atoms with van der Waals surface area (Å²) in [6.45, 7) is 1.83. The summed E-state index contributed by atoms with van der Waals surface area (Å²) in [5.74, 6) is 0.0825. The third-order valence-electron chi connectivity index (χ3n) is 4.34. The Hall–Kier alpha value is -3.60. The van der Waals surface area contributed by atoms with Crippen molar-refractivity contribution >= 4 is 23.1 Å². The van der Waals surface area contributed by atoms with Crippen LogP contribution >= 0.6 is 0 Å². The summed E-state index contributed by atoms with van der Waals surface area (Å²) in [6.07, 6.45) is 4.94. The first-order valence-electron chi connectivity index (χ1n) is 8.51. The number of aromatic nitrogens is 3. The Balaban J connectivity index is 1.99. The van der Waals surface area contributed by atoms with E-state index >= 15 is 0 Å². The number of fused-ring (bicyclic) bond motifs is 1. The average Bonchev–Trinajstić information content (AvgIpc) is 2.68. The van der Waals surface area contributed by atoms with Gasteiger partial charge in [0.2, 0.25) is 0 Å². The summed E-state index contributed by atoms with van der Waals surface area (Å²) in [7, 11) is 0. The third-order valence-corrected chi connectivity index (χ3v) is 4.34. The van der Waals surface area contributed by atoms with E-state index < -0.39 is 0 Å². The number of rotatable bonds is 3. The lowest BCUT2D eigenvalue weighted by molar-refractivity contribution is 0.625. The predicted octanol–water partition coefficient (Wildman–Crippen LogP) is 4.40. The number of aryl methyl sites for hydroxylation is 1. The molecule has 0 atom stereocenters. The highest BCUT2D eigenvalue weighted by Crippen LogP contribution is 2.17. The number of benzene rings is 2. The van der Waals surface area contributed by atoms with Gasteiger partial charge in [0, 0.05) is 11.8 Å². The summed E-state index contributed by atoms with van der Waals surface area (Å²) < 4.78 is 15.5. The van der Waals surface area contributed by atoms with Crippen LogP contribution in [0, 0.1) is 12.7 Å². The number of halogens is 1. The van der Waals surface area contributed by atoms with Crippen molar-refractivity contribution in [2.75, 3.05) is 0 Å². The molecule has 0 N–H and O–H groups in total. The molecule has 132 valence electrons. The van der Waals surface area contributed by atoms with Crippen molar-refractivity contribution in [3.63, 3.8) is 0 Å². The molecule has 4 rings (SSSR count). The van der Waals surface area contributed by atoms with Gasteiger partial charge in [-0.25, -0.2) is 9.37 Å². The molecular formula is C22H16FN3O. The topological polar surface area (TPSA) is 47.8 Å². The molecule has 27 heavy (non-hydrogen) atoms. The Morgan fingerprint density at radius 2 is 1.74 bits per heavy atom. The zero-order chi connectivity index (χ0) is 18.8. The molecule has 5 heteroatoms. The second-order valence-electron chi connectivity index (χ2n) is 6.09. The van der Waals surface area contributed by atoms with Gasteiger partial charge in [-0.2, -0.15) is 0 Å². The summed E-state index contributed by atoms with van der Waals surface area (Å²) in [5, 5.41) is 0.517. The van der Waals surface area contributed by atoms with Crippen molar-refractivity contribution in [2.24, 2.45) is 0 Å². The minimum atomic E-state index is -0.332. The highest BCUT2D eigenvalue weighted by molar-refractivity contribution is 5.80. The van der Waals surface area contributed by atoms with Gasteiger partial charge in [-0.15, -0.1) is 0 Å². The number of hydrogen-bond donors (Lipinski definition) is 0. The van der Waals surface area contributed by atoms with Gasteiger partial charge in [0.1, 0.15) is 11.6 Å². The van der Waals surface area contributed by atoms with Crippen molar-refractivity contribution in [3.8, 4) is 5.69 Å². The van der Waals surface area contributed by atoms with Crippen LogP contribution in [0.15, 0.2) is 71.7 Å². The molecule has 4 aromatic rings. The summed E-state index contributed by atoms with van der Waals surface area (Å²) >= 11 is 0. The molecule has 0 aliphatic carbocycles. The van der Waals surface area contributed by atoms with Gasteiger partial charge in [0.15, 0.2) is 0 Å². The fraction of sp³-hybridized carbons (Fsp3) is 0.0455. The van der Waals surface area contributed by atoms with Crippen LogP contribution in [-0.4, -0.2) is 14.5 Å². The first kappa shape index (κ1) is 16.8. The normalized spacial score (nSPS) is 11.3. The zero-order valence-electron chi connectivity index (χ0n) is 14.6. The highest BCUT2D eigenvalue weighted by atomic mass is 19.1. The molecule has 0 spiro atoms. The second kappa shape index (κ2) is 6.96. The molecule has 2 aromatic heterocycles. The third kappa shape index (κ3) is 3.15. The Morgan fingerprint density at radius 1 is 0.963 bits per heavy atom. The Kier molecular flexibility index (Phi) is 4.34. The van der Waals surface area contributed by atoms with Gasteiger partial charge in [0.25, 0.3) is 5.56 Å². The predicted molar refractivity (Wildman–Crippen MR) is 105 cm³/mol. The van der Waals surface area contributed by atoms with E-state index in [9.17, 15) is 9.18 Å². The van der Waals surface area contributed by atoms with Gasteiger partial charge in [-0.1, -0.05) is 30.3 Å². The summed E-state index contributed by atoms with van der Waals surface area (Å²) in [6, 6.07) is 17.2. The molecule has 0 saturated heterocycles. The lowest BCUT2D eigenvalue weighted by Crippen LogP contribution is -2.23. The first-order chi connectivity index (χ1) is 13.1. The zero-order valence-corrected chi connectivity index (χ0v) is 14.6. The van der Waals surface area contributed by atoms with Gasteiger partial charge in [0.05, 0.1) is 22.3 Å². The lowest BCUT2D eigenvalue weighted by atomic mass is 10.2. The van der Waals surface area contributed by atoms with Crippen molar-refractivity contribution in [2.45, 2.75) is 6.92 Å². The molecular weight excluding hydrogens is 341 g/mol. The van der Waals surface area contributed by atoms with E-state index in [-0.39, 0.29) is 11.4 Å². The van der Waals surface area contributed by atoms with E-state index in [4.69, 9.17) is 0 Å². The number of pyridine rings is 1. The molecule has 0 radical (unpaired) electrons. The first-order valence-corrected chi connectivity index (χ1v) is 8.51. The minimum absolute atomic E-state index is 0.190. The molecule has 0 aliphatic rings. The SMILES string of the molecule is Cc1ncccc1-n1c(/C=C/c2ccccc2F)nc2ccccc2c1=O. The maximum Gasteiger partial charge on any atom is 0.266 e. The van der Waals surface area contributed by atoms with Crippen LogP contribution in [0.25, 0.3) is 28.7 Å². The Labute approximate surface area is 155 Å². The number of hydrogen-bond acceptors (Lipinski definition) is 3. The van der Waals surface area contributed by atoms with E-state index in [0.29, 0.717) is 33.7 Å². The maximum atomic E-state index is 14.0. The van der Waals surface area contributed by atoms with Crippen LogP contribution in [0.4, 0.5) is 4.39 Å². The molecule has 0 unspecified atom stereocenters. The molecule has 0 aliphatic heterocycles. The van der Waals surface area contributed by atoms with Crippen molar-refractivity contribution in [3.05, 3.63) is 100 Å². The lowest BCUT2D eigenvalue weighted by Gasteiger charge is -2.13. The van der Waals surface area contributed by atoms with Gasteiger partial charge < -0.3 is 0 Å². The summed E-state index contributed by atoms with van der Waals surface area (Å²) in [4.78, 5) is 22.1. The maximum absolute atomic E-state index is 14.0. The van der Waals surface area contributed by atoms with Crippen LogP contribution in [0.5, 0.6) is 0 Å². The quantitative estimate of drug-likeness (QED) is 0.546. The van der Waals surface area contributed by atoms with E-state index in [1.807, 2.05) is 19.1 Å². The van der Waals surface area contributed by atoms with Crippen molar-refractivity contribution in [1.82, 2.24) is 14.5 Å². The van der Waals surface area contributed by atoms with Crippen molar-refractivity contribution in [1.29, 1.82) is 0 Å². The van der Waals surface area contributed by atoms with Crippen molar-refractivity contribution < 1.29 is 4.39 Å². The minimum Gasteiger partial charge on any atom is -0.268 e. The molecule has 0 bridgehead atoms.